The van der Waals surface area contributed by atoms with Gasteiger partial charge in [0.1, 0.15) is 0 Å². The first kappa shape index (κ1) is 18.9. The van der Waals surface area contributed by atoms with Gasteiger partial charge in [-0.05, 0) is 50.3 Å². The van der Waals surface area contributed by atoms with Gasteiger partial charge >= 0.3 is 0 Å². The Bertz CT molecular complexity index is 1010. The van der Waals surface area contributed by atoms with Crippen LogP contribution in [0, 0.1) is 0 Å². The van der Waals surface area contributed by atoms with Crippen LogP contribution in [0.25, 0.3) is 10.7 Å². The predicted octanol–water partition coefficient (Wildman–Crippen LogP) is 4.66. The second kappa shape index (κ2) is 7.89. The molecule has 0 unspecified atom stereocenters. The van der Waals surface area contributed by atoms with Crippen molar-refractivity contribution in [2.24, 2.45) is 0 Å². The first-order valence-electron chi connectivity index (χ1n) is 9.10. The number of Topliss-reactive ketones (excluding diaryl/α,β-unsaturated/α-hetero) is 1. The number of rotatable bonds is 7. The minimum absolute atomic E-state index is 0.0304. The zero-order chi connectivity index (χ0) is 19.7. The van der Waals surface area contributed by atoms with Crippen LogP contribution in [0.15, 0.2) is 46.9 Å². The third kappa shape index (κ3) is 4.02. The number of thioether (sulfide) groups is 1. The molecular weight excluding hydrogens is 392 g/mol. The van der Waals surface area contributed by atoms with E-state index in [1.54, 1.807) is 35.6 Å². The summed E-state index contributed by atoms with van der Waals surface area (Å²) in [7, 11) is 0. The molecule has 1 aliphatic carbocycles. The molecule has 1 saturated carbocycles. The average molecular weight is 413 g/mol. The van der Waals surface area contributed by atoms with E-state index in [9.17, 15) is 9.59 Å². The number of hydrogen-bond acceptors (Lipinski definition) is 6. The number of benzene rings is 1. The van der Waals surface area contributed by atoms with E-state index in [2.05, 4.69) is 20.1 Å². The molecule has 4 rings (SSSR count). The van der Waals surface area contributed by atoms with Crippen LogP contribution < -0.4 is 5.32 Å². The summed E-state index contributed by atoms with van der Waals surface area (Å²) in [6, 6.07) is 11.4. The maximum absolute atomic E-state index is 12.7. The van der Waals surface area contributed by atoms with Crippen molar-refractivity contribution < 1.29 is 9.59 Å². The van der Waals surface area contributed by atoms with Gasteiger partial charge in [-0.2, -0.15) is 0 Å². The Morgan fingerprint density at radius 2 is 2.07 bits per heavy atom. The molecule has 144 valence electrons. The Hall–Kier alpha value is -2.45. The van der Waals surface area contributed by atoms with Crippen molar-refractivity contribution in [1.82, 2.24) is 14.8 Å². The lowest BCUT2D eigenvalue weighted by atomic mass is 10.1. The predicted molar refractivity (Wildman–Crippen MR) is 112 cm³/mol. The fraction of sp³-hybridized carbons (Fsp3) is 0.300. The van der Waals surface area contributed by atoms with Crippen LogP contribution in [0.2, 0.25) is 0 Å². The number of aromatic nitrogens is 3. The quantitative estimate of drug-likeness (QED) is 0.451. The highest BCUT2D eigenvalue weighted by molar-refractivity contribution is 8.00. The first-order chi connectivity index (χ1) is 13.5. The van der Waals surface area contributed by atoms with Gasteiger partial charge in [-0.25, -0.2) is 0 Å². The molecule has 0 radical (unpaired) electrons. The first-order valence-corrected chi connectivity index (χ1v) is 10.9. The van der Waals surface area contributed by atoms with Crippen LogP contribution in [0.3, 0.4) is 0 Å². The van der Waals surface area contributed by atoms with Gasteiger partial charge in [0.25, 0.3) is 0 Å². The summed E-state index contributed by atoms with van der Waals surface area (Å²) < 4.78 is 2.16. The minimum Gasteiger partial charge on any atom is -0.325 e. The molecule has 1 N–H and O–H groups in total. The maximum Gasteiger partial charge on any atom is 0.237 e. The highest BCUT2D eigenvalue weighted by atomic mass is 32.2. The lowest BCUT2D eigenvalue weighted by Gasteiger charge is -2.13. The van der Waals surface area contributed by atoms with Crippen LogP contribution in [0.1, 0.15) is 43.1 Å². The van der Waals surface area contributed by atoms with Crippen LogP contribution in [-0.4, -0.2) is 31.7 Å². The van der Waals surface area contributed by atoms with E-state index in [1.165, 1.54) is 18.7 Å². The number of ketones is 1. The normalized spacial score (nSPS) is 14.6. The fourth-order valence-electron chi connectivity index (χ4n) is 2.86. The van der Waals surface area contributed by atoms with Crippen molar-refractivity contribution in [2.45, 2.75) is 43.1 Å². The largest absolute Gasteiger partial charge is 0.325 e. The highest BCUT2D eigenvalue weighted by Gasteiger charge is 2.31. The van der Waals surface area contributed by atoms with E-state index in [1.807, 2.05) is 24.4 Å². The summed E-state index contributed by atoms with van der Waals surface area (Å²) in [6.07, 6.45) is 2.23. The number of amides is 1. The molecule has 0 saturated heterocycles. The van der Waals surface area contributed by atoms with Gasteiger partial charge < -0.3 is 5.32 Å². The minimum atomic E-state index is -0.348. The monoisotopic (exact) mass is 412 g/mol. The van der Waals surface area contributed by atoms with E-state index in [4.69, 9.17) is 0 Å². The zero-order valence-corrected chi connectivity index (χ0v) is 17.2. The smallest absolute Gasteiger partial charge is 0.237 e. The second-order valence-corrected chi connectivity index (χ2v) is 9.03. The molecule has 0 spiro atoms. The second-order valence-electron chi connectivity index (χ2n) is 6.77. The van der Waals surface area contributed by atoms with Gasteiger partial charge in [0.05, 0.1) is 10.1 Å². The zero-order valence-electron chi connectivity index (χ0n) is 15.6. The fourth-order valence-corrected chi connectivity index (χ4v) is 4.49. The highest BCUT2D eigenvalue weighted by Crippen LogP contribution is 2.42. The summed E-state index contributed by atoms with van der Waals surface area (Å²) in [5.74, 6) is 0.715. The van der Waals surface area contributed by atoms with Crippen molar-refractivity contribution >= 4 is 40.5 Å². The molecule has 1 aliphatic rings. The van der Waals surface area contributed by atoms with Gasteiger partial charge in [0, 0.05) is 17.3 Å². The number of thiophene rings is 1. The van der Waals surface area contributed by atoms with Crippen molar-refractivity contribution in [3.63, 3.8) is 0 Å². The van der Waals surface area contributed by atoms with Gasteiger partial charge in [-0.3, -0.25) is 14.2 Å². The molecule has 3 aromatic rings. The summed E-state index contributed by atoms with van der Waals surface area (Å²) >= 11 is 3.05. The molecule has 6 nitrogen and oxygen atoms in total. The summed E-state index contributed by atoms with van der Waals surface area (Å²) in [5.41, 5.74) is 1.19. The Balaban J connectivity index is 1.49. The van der Waals surface area contributed by atoms with Gasteiger partial charge in [0.15, 0.2) is 16.8 Å². The Morgan fingerprint density at radius 1 is 1.25 bits per heavy atom. The number of anilines is 1. The van der Waals surface area contributed by atoms with E-state index < -0.39 is 0 Å². The molecular formula is C20H20N4O2S2. The Kier molecular flexibility index (Phi) is 5.32. The van der Waals surface area contributed by atoms with Gasteiger partial charge in [-0.15, -0.1) is 21.5 Å². The molecule has 0 bridgehead atoms. The molecule has 1 aromatic carbocycles. The van der Waals surface area contributed by atoms with Crippen molar-refractivity contribution in [3.8, 4) is 10.7 Å². The van der Waals surface area contributed by atoms with E-state index in [0.717, 1.165) is 28.7 Å². The van der Waals surface area contributed by atoms with Crippen molar-refractivity contribution in [1.29, 1.82) is 0 Å². The number of carbonyl (C=O) groups excluding carboxylic acids is 2. The lowest BCUT2D eigenvalue weighted by molar-refractivity contribution is -0.115. The molecule has 0 aliphatic heterocycles. The summed E-state index contributed by atoms with van der Waals surface area (Å²) in [5, 5.41) is 14.1. The molecule has 28 heavy (non-hydrogen) atoms. The van der Waals surface area contributed by atoms with Crippen LogP contribution >= 0.6 is 23.1 Å². The van der Waals surface area contributed by atoms with Crippen molar-refractivity contribution in [2.75, 3.05) is 5.32 Å². The van der Waals surface area contributed by atoms with E-state index in [0.29, 0.717) is 17.3 Å². The number of hydrogen-bond donors (Lipinski definition) is 1. The number of nitrogens with zero attached hydrogens (tertiary/aromatic N) is 3. The van der Waals surface area contributed by atoms with E-state index in [-0.39, 0.29) is 16.9 Å². The Morgan fingerprint density at radius 3 is 2.75 bits per heavy atom. The summed E-state index contributed by atoms with van der Waals surface area (Å²) in [6.45, 7) is 3.36. The molecule has 8 heteroatoms. The van der Waals surface area contributed by atoms with Gasteiger partial charge in [-0.1, -0.05) is 30.0 Å². The SMILES string of the molecule is CC(=O)c1cccc(NC(=O)[C@H](C)Sc2nnc(-c3cccs3)n2C2CC2)c1. The molecule has 1 fully saturated rings. The maximum atomic E-state index is 12.7. The Labute approximate surface area is 171 Å². The molecule has 1 atom stereocenters. The summed E-state index contributed by atoms with van der Waals surface area (Å²) in [4.78, 5) is 25.3. The lowest BCUT2D eigenvalue weighted by Crippen LogP contribution is -2.23. The van der Waals surface area contributed by atoms with Crippen LogP contribution in [-0.2, 0) is 4.79 Å². The third-order valence-electron chi connectivity index (χ3n) is 4.51. The van der Waals surface area contributed by atoms with Crippen LogP contribution in [0.5, 0.6) is 0 Å². The third-order valence-corrected chi connectivity index (χ3v) is 6.43. The topological polar surface area (TPSA) is 76.9 Å². The number of nitrogens with one attached hydrogen (secondary N) is 1. The molecule has 1 amide bonds. The molecule has 2 heterocycles. The van der Waals surface area contributed by atoms with E-state index >= 15 is 0 Å². The standard InChI is InChI=1S/C20H20N4O2S2/c1-12(25)14-5-3-6-15(11-14)21-19(26)13(2)28-20-23-22-18(17-7-4-10-27-17)24(20)16-8-9-16/h3-7,10-11,13,16H,8-9H2,1-2H3,(H,21,26)/t13-/m0/s1. The van der Waals surface area contributed by atoms with Crippen molar-refractivity contribution in [3.05, 3.63) is 47.3 Å². The average Bonchev–Trinajstić information content (AvgIpc) is 3.20. The van der Waals surface area contributed by atoms with Gasteiger partial charge in [0.2, 0.25) is 5.91 Å². The molecule has 2 aromatic heterocycles. The van der Waals surface area contributed by atoms with Crippen LogP contribution in [0.4, 0.5) is 5.69 Å². The number of carbonyl (C=O) groups is 2.